The Morgan fingerprint density at radius 1 is 1.29 bits per heavy atom. The molecule has 0 saturated heterocycles. The van der Waals surface area contributed by atoms with Crippen LogP contribution in [-0.4, -0.2) is 29.1 Å². The van der Waals surface area contributed by atoms with E-state index in [1.807, 2.05) is 36.4 Å². The molecule has 1 aliphatic heterocycles. The Morgan fingerprint density at radius 2 is 2.07 bits per heavy atom. The number of aromatic amines is 1. The largest absolute Gasteiger partial charge is 0.354 e. The molecule has 1 aliphatic rings. The number of H-pyrrole nitrogens is 1. The van der Waals surface area contributed by atoms with Crippen LogP contribution in [0.15, 0.2) is 47.6 Å². The molecule has 28 heavy (non-hydrogen) atoms. The monoisotopic (exact) mass is 372 g/mol. The summed E-state index contributed by atoms with van der Waals surface area (Å²) in [5.41, 5.74) is 12.2. The van der Waals surface area contributed by atoms with E-state index >= 15 is 0 Å². The smallest absolute Gasteiger partial charge is 0.272 e. The number of carbonyl (C=O) groups excluding carboxylic acids is 2. The van der Waals surface area contributed by atoms with Crippen LogP contribution in [0.5, 0.6) is 0 Å². The van der Waals surface area contributed by atoms with E-state index in [4.69, 9.17) is 11.0 Å². The minimum absolute atomic E-state index is 0.0972. The highest BCUT2D eigenvalue weighted by Gasteiger charge is 2.23. The van der Waals surface area contributed by atoms with E-state index in [1.54, 1.807) is 18.3 Å². The van der Waals surface area contributed by atoms with Gasteiger partial charge in [-0.25, -0.2) is 5.43 Å². The van der Waals surface area contributed by atoms with Gasteiger partial charge in [0.25, 0.3) is 5.91 Å². The van der Waals surface area contributed by atoms with E-state index in [9.17, 15) is 9.59 Å². The maximum atomic E-state index is 12.5. The molecule has 0 aliphatic carbocycles. The van der Waals surface area contributed by atoms with Crippen LogP contribution in [-0.2, 0) is 4.79 Å². The van der Waals surface area contributed by atoms with Crippen molar-refractivity contribution in [2.24, 2.45) is 10.8 Å². The SMILES string of the molecule is N#CC[C@H](N)C(=O)Nc1cc2c3c(c(-c4ccccc4)[nH]c3c1)C=NNC2=O. The highest BCUT2D eigenvalue weighted by atomic mass is 16.2. The highest BCUT2D eigenvalue weighted by molar-refractivity contribution is 6.18. The molecule has 138 valence electrons. The number of benzene rings is 2. The Kier molecular flexibility index (Phi) is 4.35. The number of amides is 2. The van der Waals surface area contributed by atoms with Crippen LogP contribution in [0.25, 0.3) is 22.2 Å². The third-order valence-corrected chi connectivity index (χ3v) is 4.52. The summed E-state index contributed by atoms with van der Waals surface area (Å²) in [7, 11) is 0. The van der Waals surface area contributed by atoms with Gasteiger partial charge in [0.05, 0.1) is 36.0 Å². The van der Waals surface area contributed by atoms with Gasteiger partial charge in [0, 0.05) is 22.2 Å². The van der Waals surface area contributed by atoms with E-state index in [2.05, 4.69) is 20.8 Å². The fourth-order valence-electron chi connectivity index (χ4n) is 3.21. The van der Waals surface area contributed by atoms with Gasteiger partial charge in [0.1, 0.15) is 0 Å². The van der Waals surface area contributed by atoms with E-state index < -0.39 is 11.9 Å². The zero-order chi connectivity index (χ0) is 19.7. The number of nitrogens with zero attached hydrogens (tertiary/aromatic N) is 2. The first-order valence-corrected chi connectivity index (χ1v) is 8.60. The summed E-state index contributed by atoms with van der Waals surface area (Å²) in [5.74, 6) is -0.871. The van der Waals surface area contributed by atoms with Gasteiger partial charge in [-0.3, -0.25) is 9.59 Å². The van der Waals surface area contributed by atoms with Crippen molar-refractivity contribution in [3.8, 4) is 17.3 Å². The molecule has 2 heterocycles. The zero-order valence-corrected chi connectivity index (χ0v) is 14.7. The molecule has 0 bridgehead atoms. The van der Waals surface area contributed by atoms with Crippen LogP contribution in [0.2, 0.25) is 0 Å². The molecule has 3 aromatic rings. The summed E-state index contributed by atoms with van der Waals surface area (Å²) in [6.07, 6.45) is 1.51. The zero-order valence-electron chi connectivity index (χ0n) is 14.7. The Balaban J connectivity index is 1.85. The van der Waals surface area contributed by atoms with Gasteiger partial charge in [0.2, 0.25) is 5.91 Å². The van der Waals surface area contributed by atoms with E-state index in [0.717, 1.165) is 22.2 Å². The van der Waals surface area contributed by atoms with Gasteiger partial charge in [-0.15, -0.1) is 0 Å². The lowest BCUT2D eigenvalue weighted by molar-refractivity contribution is -0.117. The van der Waals surface area contributed by atoms with Gasteiger partial charge in [0.15, 0.2) is 0 Å². The molecular weight excluding hydrogens is 356 g/mol. The van der Waals surface area contributed by atoms with Gasteiger partial charge >= 0.3 is 0 Å². The highest BCUT2D eigenvalue weighted by Crippen LogP contribution is 2.34. The first-order valence-electron chi connectivity index (χ1n) is 8.60. The second-order valence-corrected chi connectivity index (χ2v) is 6.38. The molecule has 2 amide bonds. The number of aromatic nitrogens is 1. The molecule has 8 nitrogen and oxygen atoms in total. The lowest BCUT2D eigenvalue weighted by atomic mass is 10.0. The molecule has 2 aromatic carbocycles. The van der Waals surface area contributed by atoms with Crippen LogP contribution < -0.4 is 16.5 Å². The Hall–Kier alpha value is -3.96. The van der Waals surface area contributed by atoms with Crippen molar-refractivity contribution in [2.45, 2.75) is 12.5 Å². The van der Waals surface area contributed by atoms with E-state index in [0.29, 0.717) is 16.8 Å². The molecule has 0 spiro atoms. The second kappa shape index (κ2) is 6.98. The number of nitriles is 1. The molecule has 1 aromatic heterocycles. The van der Waals surface area contributed by atoms with Crippen LogP contribution in [0, 0.1) is 11.3 Å². The van der Waals surface area contributed by atoms with Gasteiger partial charge in [-0.1, -0.05) is 30.3 Å². The van der Waals surface area contributed by atoms with Crippen molar-refractivity contribution in [1.29, 1.82) is 5.26 Å². The number of anilines is 1. The maximum Gasteiger partial charge on any atom is 0.272 e. The van der Waals surface area contributed by atoms with Crippen molar-refractivity contribution in [1.82, 2.24) is 10.4 Å². The summed E-state index contributed by atoms with van der Waals surface area (Å²) < 4.78 is 0. The van der Waals surface area contributed by atoms with Crippen LogP contribution in [0.3, 0.4) is 0 Å². The van der Waals surface area contributed by atoms with Gasteiger partial charge in [-0.2, -0.15) is 10.4 Å². The summed E-state index contributed by atoms with van der Waals surface area (Å²) in [4.78, 5) is 28.0. The normalized spacial score (nSPS) is 13.5. The lowest BCUT2D eigenvalue weighted by Gasteiger charge is -2.11. The first-order chi connectivity index (χ1) is 13.6. The summed E-state index contributed by atoms with van der Waals surface area (Å²) in [5, 5.41) is 16.1. The molecule has 1 atom stereocenters. The van der Waals surface area contributed by atoms with Crippen LogP contribution in [0.1, 0.15) is 22.3 Å². The first kappa shape index (κ1) is 17.5. The Labute approximate surface area is 160 Å². The minimum atomic E-state index is -0.948. The van der Waals surface area contributed by atoms with Crippen molar-refractivity contribution >= 4 is 34.6 Å². The molecule has 0 saturated carbocycles. The summed E-state index contributed by atoms with van der Waals surface area (Å²) in [6, 6.07) is 13.9. The average Bonchev–Trinajstić information content (AvgIpc) is 2.97. The molecule has 0 fully saturated rings. The summed E-state index contributed by atoms with van der Waals surface area (Å²) in [6.45, 7) is 0. The van der Waals surface area contributed by atoms with Gasteiger partial charge < -0.3 is 16.0 Å². The predicted octanol–water partition coefficient (Wildman–Crippen LogP) is 2.09. The topological polar surface area (TPSA) is 136 Å². The molecule has 8 heteroatoms. The standard InChI is InChI=1S/C20H16N6O2/c21-7-6-15(22)20(28)24-12-8-13-17-14(10-23-26-19(13)27)18(25-16(17)9-12)11-4-2-1-3-5-11/h1-5,8-10,15,25H,6,22H2,(H,24,28)(H,26,27)/t15-/m0/s1. The number of carbonyl (C=O) groups is 2. The van der Waals surface area contributed by atoms with E-state index in [1.165, 1.54) is 0 Å². The van der Waals surface area contributed by atoms with Crippen LogP contribution >= 0.6 is 0 Å². The lowest BCUT2D eigenvalue weighted by Crippen LogP contribution is -2.35. The van der Waals surface area contributed by atoms with Crippen LogP contribution in [0.4, 0.5) is 5.69 Å². The number of nitrogens with one attached hydrogen (secondary N) is 3. The number of nitrogens with two attached hydrogens (primary N) is 1. The Morgan fingerprint density at radius 3 is 2.82 bits per heavy atom. The Bertz CT molecular complexity index is 1160. The van der Waals surface area contributed by atoms with Gasteiger partial charge in [-0.05, 0) is 17.7 Å². The van der Waals surface area contributed by atoms with Crippen molar-refractivity contribution < 1.29 is 9.59 Å². The average molecular weight is 372 g/mol. The third-order valence-electron chi connectivity index (χ3n) is 4.52. The summed E-state index contributed by atoms with van der Waals surface area (Å²) >= 11 is 0. The predicted molar refractivity (Wildman–Crippen MR) is 106 cm³/mol. The second-order valence-electron chi connectivity index (χ2n) is 6.38. The maximum absolute atomic E-state index is 12.5. The third kappa shape index (κ3) is 3.00. The van der Waals surface area contributed by atoms with Crippen molar-refractivity contribution in [3.05, 3.63) is 53.6 Å². The molecular formula is C20H16N6O2. The number of hydrazone groups is 1. The molecule has 4 rings (SSSR count). The van der Waals surface area contributed by atoms with E-state index in [-0.39, 0.29) is 12.3 Å². The fraction of sp³-hybridized carbons (Fsp3) is 0.100. The quantitative estimate of drug-likeness (QED) is 0.557. The molecule has 5 N–H and O–H groups in total. The molecule has 0 unspecified atom stereocenters. The molecule has 0 radical (unpaired) electrons. The number of rotatable bonds is 4. The number of hydrogen-bond acceptors (Lipinski definition) is 5. The number of hydrogen-bond donors (Lipinski definition) is 4. The van der Waals surface area contributed by atoms with Crippen molar-refractivity contribution in [2.75, 3.05) is 5.32 Å². The fourth-order valence-corrected chi connectivity index (χ4v) is 3.21. The van der Waals surface area contributed by atoms with Crippen molar-refractivity contribution in [3.63, 3.8) is 0 Å². The minimum Gasteiger partial charge on any atom is -0.354 e.